The molecule has 1 atom stereocenters. The van der Waals surface area contributed by atoms with Crippen molar-refractivity contribution in [2.45, 2.75) is 43.1 Å². The Morgan fingerprint density at radius 2 is 2.00 bits per heavy atom. The number of ether oxygens (including phenoxy) is 1. The number of hydrogen-bond donors (Lipinski definition) is 2. The molecule has 0 saturated carbocycles. The molecule has 0 spiro atoms. The van der Waals surface area contributed by atoms with Crippen molar-refractivity contribution < 1.29 is 22.7 Å². The minimum Gasteiger partial charge on any atom is -0.442 e. The van der Waals surface area contributed by atoms with Gasteiger partial charge in [-0.05, 0) is 42.5 Å². The minimum atomic E-state index is -3.62. The number of nitrogens with one attached hydrogen (secondary N) is 2. The standard InChI is InChI=1S/C25H26N4O5S/c1-16(30)26-13-20-14-29(25(31)34-20)19-10-11-21-18(12-19)8-5-9-22-23(21)27-28-24(22)35(32,33)15-17-6-3-2-4-7-17/h2-4,6-7,10-12,20H,5,8-9,13-15H2,1H3,(H,26,30)(H,27,28)/t20-/m0/s1. The highest BCUT2D eigenvalue weighted by atomic mass is 32.2. The van der Waals surface area contributed by atoms with Crippen LogP contribution in [0.2, 0.25) is 0 Å². The first-order chi connectivity index (χ1) is 16.8. The molecule has 1 fully saturated rings. The monoisotopic (exact) mass is 494 g/mol. The molecule has 9 nitrogen and oxygen atoms in total. The van der Waals surface area contributed by atoms with E-state index in [2.05, 4.69) is 15.5 Å². The summed E-state index contributed by atoms with van der Waals surface area (Å²) in [5.74, 6) is -0.279. The van der Waals surface area contributed by atoms with Crippen LogP contribution in [0.5, 0.6) is 0 Å². The van der Waals surface area contributed by atoms with Crippen LogP contribution in [0.25, 0.3) is 11.3 Å². The molecule has 0 radical (unpaired) electrons. The summed E-state index contributed by atoms with van der Waals surface area (Å²) in [6.07, 6.45) is 1.21. The maximum absolute atomic E-state index is 13.2. The van der Waals surface area contributed by atoms with E-state index in [0.717, 1.165) is 29.5 Å². The van der Waals surface area contributed by atoms with Crippen molar-refractivity contribution in [2.75, 3.05) is 18.0 Å². The highest BCUT2D eigenvalue weighted by molar-refractivity contribution is 7.90. The fraction of sp³-hybridized carbons (Fsp3) is 0.320. The third kappa shape index (κ3) is 4.66. The number of nitrogens with zero attached hydrogens (tertiary/aromatic N) is 2. The van der Waals surface area contributed by atoms with Gasteiger partial charge in [0.25, 0.3) is 0 Å². The predicted octanol–water partition coefficient (Wildman–Crippen LogP) is 3.00. The normalized spacial score (nSPS) is 17.3. The number of amides is 2. The van der Waals surface area contributed by atoms with Gasteiger partial charge in [-0.3, -0.25) is 14.8 Å². The Bertz CT molecular complexity index is 1380. The number of carbonyl (C=O) groups is 2. The number of aryl methyl sites for hydroxylation is 1. The summed E-state index contributed by atoms with van der Waals surface area (Å²) in [7, 11) is -3.62. The number of aromatic nitrogens is 2. The largest absolute Gasteiger partial charge is 0.442 e. The van der Waals surface area contributed by atoms with Crippen LogP contribution in [0.4, 0.5) is 10.5 Å². The van der Waals surface area contributed by atoms with Gasteiger partial charge in [0.15, 0.2) is 5.03 Å². The van der Waals surface area contributed by atoms with Gasteiger partial charge in [-0.1, -0.05) is 36.4 Å². The lowest BCUT2D eigenvalue weighted by molar-refractivity contribution is -0.119. The fourth-order valence-corrected chi connectivity index (χ4v) is 6.21. The van der Waals surface area contributed by atoms with E-state index in [1.54, 1.807) is 17.0 Å². The van der Waals surface area contributed by atoms with Crippen molar-refractivity contribution in [1.82, 2.24) is 15.5 Å². The molecule has 2 aliphatic rings. The average Bonchev–Trinajstić information content (AvgIpc) is 3.37. The predicted molar refractivity (Wildman–Crippen MR) is 130 cm³/mol. The maximum atomic E-state index is 13.2. The first kappa shape index (κ1) is 23.1. The van der Waals surface area contributed by atoms with E-state index in [1.165, 1.54) is 6.92 Å². The zero-order valence-corrected chi connectivity index (χ0v) is 20.1. The number of fused-ring (bicyclic) bond motifs is 3. The number of cyclic esters (lactones) is 1. The molecule has 2 heterocycles. The Labute approximate surface area is 203 Å². The lowest BCUT2D eigenvalue weighted by atomic mass is 10.0. The second-order valence-electron chi connectivity index (χ2n) is 8.88. The lowest BCUT2D eigenvalue weighted by Gasteiger charge is -2.16. The first-order valence-electron chi connectivity index (χ1n) is 11.5. The summed E-state index contributed by atoms with van der Waals surface area (Å²) in [4.78, 5) is 25.2. The maximum Gasteiger partial charge on any atom is 0.414 e. The van der Waals surface area contributed by atoms with Crippen LogP contribution in [0, 0.1) is 0 Å². The summed E-state index contributed by atoms with van der Waals surface area (Å²) in [6.45, 7) is 2.03. The van der Waals surface area contributed by atoms with Gasteiger partial charge in [-0.15, -0.1) is 0 Å². The summed E-state index contributed by atoms with van der Waals surface area (Å²) in [5, 5.41) is 9.99. The number of sulfone groups is 1. The second-order valence-corrected chi connectivity index (χ2v) is 10.8. The molecular weight excluding hydrogens is 468 g/mol. The van der Waals surface area contributed by atoms with E-state index in [4.69, 9.17) is 4.74 Å². The smallest absolute Gasteiger partial charge is 0.414 e. The van der Waals surface area contributed by atoms with Gasteiger partial charge in [-0.2, -0.15) is 5.10 Å². The molecule has 1 aliphatic carbocycles. The van der Waals surface area contributed by atoms with Crippen LogP contribution < -0.4 is 10.2 Å². The number of benzene rings is 2. The molecule has 2 amide bonds. The summed E-state index contributed by atoms with van der Waals surface area (Å²) < 4.78 is 31.7. The molecule has 182 valence electrons. The molecule has 5 rings (SSSR count). The van der Waals surface area contributed by atoms with Gasteiger partial charge >= 0.3 is 6.09 Å². The Morgan fingerprint density at radius 3 is 2.77 bits per heavy atom. The van der Waals surface area contributed by atoms with Crippen LogP contribution in [-0.4, -0.2) is 49.8 Å². The number of rotatable bonds is 6. The average molecular weight is 495 g/mol. The summed E-state index contributed by atoms with van der Waals surface area (Å²) >= 11 is 0. The van der Waals surface area contributed by atoms with Gasteiger partial charge in [0, 0.05) is 23.7 Å². The molecule has 35 heavy (non-hydrogen) atoms. The lowest BCUT2D eigenvalue weighted by Crippen LogP contribution is -2.33. The Morgan fingerprint density at radius 1 is 1.20 bits per heavy atom. The quantitative estimate of drug-likeness (QED) is 0.543. The van der Waals surface area contributed by atoms with E-state index in [-0.39, 0.29) is 23.2 Å². The highest BCUT2D eigenvalue weighted by Gasteiger charge is 2.33. The van der Waals surface area contributed by atoms with E-state index >= 15 is 0 Å². The second kappa shape index (κ2) is 9.18. The van der Waals surface area contributed by atoms with E-state index < -0.39 is 22.0 Å². The van der Waals surface area contributed by atoms with Gasteiger partial charge in [0.05, 0.1) is 24.5 Å². The van der Waals surface area contributed by atoms with Crippen molar-refractivity contribution in [3.63, 3.8) is 0 Å². The number of aromatic amines is 1. The highest BCUT2D eigenvalue weighted by Crippen LogP contribution is 2.37. The van der Waals surface area contributed by atoms with Gasteiger partial charge in [0.2, 0.25) is 15.7 Å². The molecule has 1 saturated heterocycles. The zero-order valence-electron chi connectivity index (χ0n) is 19.3. The molecule has 1 aromatic heterocycles. The first-order valence-corrected chi connectivity index (χ1v) is 13.2. The van der Waals surface area contributed by atoms with Crippen LogP contribution in [0.3, 0.4) is 0 Å². The summed E-state index contributed by atoms with van der Waals surface area (Å²) in [5.41, 5.74) is 4.75. The number of hydrogen-bond acceptors (Lipinski definition) is 6. The molecule has 2 N–H and O–H groups in total. The van der Waals surface area contributed by atoms with Gasteiger partial charge < -0.3 is 10.1 Å². The Balaban J connectivity index is 1.42. The third-order valence-corrected chi connectivity index (χ3v) is 7.96. The van der Waals surface area contributed by atoms with Gasteiger partial charge in [0.1, 0.15) is 6.10 Å². The third-order valence-electron chi connectivity index (χ3n) is 6.32. The zero-order chi connectivity index (χ0) is 24.6. The van der Waals surface area contributed by atoms with Crippen LogP contribution in [-0.2, 0) is 38.0 Å². The van der Waals surface area contributed by atoms with Crippen molar-refractivity contribution in [3.05, 3.63) is 65.2 Å². The van der Waals surface area contributed by atoms with Crippen molar-refractivity contribution in [2.24, 2.45) is 0 Å². The molecule has 2 aromatic carbocycles. The van der Waals surface area contributed by atoms with Gasteiger partial charge in [-0.25, -0.2) is 13.2 Å². The van der Waals surface area contributed by atoms with Crippen molar-refractivity contribution >= 4 is 27.5 Å². The fourth-order valence-electron chi connectivity index (χ4n) is 4.67. The van der Waals surface area contributed by atoms with Crippen LogP contribution >= 0.6 is 0 Å². The molecule has 0 bridgehead atoms. The molecule has 1 aliphatic heterocycles. The minimum absolute atomic E-state index is 0.104. The number of H-pyrrole nitrogens is 1. The van der Waals surface area contributed by atoms with Crippen molar-refractivity contribution in [3.8, 4) is 11.3 Å². The molecular formula is C25H26N4O5S. The van der Waals surface area contributed by atoms with Crippen molar-refractivity contribution in [1.29, 1.82) is 0 Å². The Kier molecular flexibility index (Phi) is 6.06. The molecule has 10 heteroatoms. The van der Waals surface area contributed by atoms with Crippen LogP contribution in [0.1, 0.15) is 30.0 Å². The molecule has 3 aromatic rings. The van der Waals surface area contributed by atoms with E-state index in [9.17, 15) is 18.0 Å². The van der Waals surface area contributed by atoms with E-state index in [1.807, 2.05) is 36.4 Å². The topological polar surface area (TPSA) is 121 Å². The summed E-state index contributed by atoms with van der Waals surface area (Å²) in [6, 6.07) is 14.8. The number of carbonyl (C=O) groups excluding carboxylic acids is 2. The SMILES string of the molecule is CC(=O)NC[C@H]1CN(c2ccc3c(c2)CCCc2c(S(=O)(=O)Cc4ccccc4)n[nH]c2-3)C(=O)O1. The molecule has 0 unspecified atom stereocenters. The van der Waals surface area contributed by atoms with E-state index in [0.29, 0.717) is 29.9 Å². The van der Waals surface area contributed by atoms with Crippen LogP contribution in [0.15, 0.2) is 53.6 Å². The Hall–Kier alpha value is -3.66. The number of anilines is 1.